The molecule has 0 heterocycles. The third-order valence-electron chi connectivity index (χ3n) is 0.813. The van der Waals surface area contributed by atoms with Crippen LogP contribution in [-0.2, 0) is 0 Å². The van der Waals surface area contributed by atoms with Crippen LogP contribution >= 0.6 is 0 Å². The first-order valence-electron chi connectivity index (χ1n) is 1.89. The minimum absolute atomic E-state index is 0.942. The molecule has 5 heavy (non-hydrogen) atoms. The summed E-state index contributed by atoms with van der Waals surface area (Å²) in [6.45, 7) is 0. The SMILES string of the molecule is [SnH][NH]C1CC1. The molecule has 2 radical (unpaired) electrons. The molecule has 1 aliphatic rings. The molecule has 1 rings (SSSR count). The van der Waals surface area contributed by atoms with Crippen molar-refractivity contribution < 1.29 is 0 Å². The average Bonchev–Trinajstić information content (AvgIpc) is 2.12. The summed E-state index contributed by atoms with van der Waals surface area (Å²) in [6, 6.07) is 0.942. The molecular formula is C3H7NSn. The van der Waals surface area contributed by atoms with Crippen molar-refractivity contribution in [3.8, 4) is 0 Å². The molecule has 1 N–H and O–H groups in total. The van der Waals surface area contributed by atoms with E-state index >= 15 is 0 Å². The summed E-state index contributed by atoms with van der Waals surface area (Å²) in [5, 5.41) is 0. The quantitative estimate of drug-likeness (QED) is 0.533. The standard InChI is InChI=1S/C3H6N.Sn.H/c4-3-1-2-3;;/h3-4H,1-2H2;;/q-1;+1;. The van der Waals surface area contributed by atoms with Crippen molar-refractivity contribution in [2.45, 2.75) is 18.9 Å². The topological polar surface area (TPSA) is 12.0 Å². The molecule has 1 fully saturated rings. The summed E-state index contributed by atoms with van der Waals surface area (Å²) in [6.07, 6.45) is 2.86. The van der Waals surface area contributed by atoms with Crippen LogP contribution in [0.25, 0.3) is 0 Å². The molecule has 0 bridgehead atoms. The monoisotopic (exact) mass is 177 g/mol. The van der Waals surface area contributed by atoms with Gasteiger partial charge in [-0.3, -0.25) is 0 Å². The van der Waals surface area contributed by atoms with Crippen molar-refractivity contribution in [3.63, 3.8) is 0 Å². The average molecular weight is 176 g/mol. The van der Waals surface area contributed by atoms with Gasteiger partial charge in [0.25, 0.3) is 0 Å². The summed E-state index contributed by atoms with van der Waals surface area (Å²) < 4.78 is 3.27. The van der Waals surface area contributed by atoms with Crippen molar-refractivity contribution in [2.75, 3.05) is 0 Å². The van der Waals surface area contributed by atoms with E-state index in [4.69, 9.17) is 0 Å². The zero-order chi connectivity index (χ0) is 3.70. The van der Waals surface area contributed by atoms with Gasteiger partial charge in [-0.15, -0.1) is 0 Å². The van der Waals surface area contributed by atoms with Gasteiger partial charge in [0.05, 0.1) is 0 Å². The van der Waals surface area contributed by atoms with E-state index in [9.17, 15) is 0 Å². The summed E-state index contributed by atoms with van der Waals surface area (Å²) in [5.74, 6) is 0. The van der Waals surface area contributed by atoms with Crippen LogP contribution < -0.4 is 3.54 Å². The van der Waals surface area contributed by atoms with Gasteiger partial charge in [-0.2, -0.15) is 0 Å². The summed E-state index contributed by atoms with van der Waals surface area (Å²) in [4.78, 5) is 0. The Morgan fingerprint density at radius 3 is 2.20 bits per heavy atom. The Morgan fingerprint density at radius 2 is 2.20 bits per heavy atom. The fourth-order valence-electron chi connectivity index (χ4n) is 0.250. The van der Waals surface area contributed by atoms with Crippen molar-refractivity contribution in [2.24, 2.45) is 0 Å². The van der Waals surface area contributed by atoms with Gasteiger partial charge in [0.2, 0.25) is 0 Å². The first kappa shape index (κ1) is 3.93. The Hall–Kier alpha value is 0.759. The molecule has 0 aromatic heterocycles. The van der Waals surface area contributed by atoms with E-state index in [0.29, 0.717) is 0 Å². The predicted octanol–water partition coefficient (Wildman–Crippen LogP) is -0.446. The molecule has 2 heteroatoms. The van der Waals surface area contributed by atoms with Crippen LogP contribution in [0.5, 0.6) is 0 Å². The maximum absolute atomic E-state index is 3.27. The zero-order valence-corrected chi connectivity index (χ0v) is 6.36. The fraction of sp³-hybridized carbons (Fsp3) is 1.00. The second-order valence-corrected chi connectivity index (χ2v) is 2.39. The van der Waals surface area contributed by atoms with E-state index in [2.05, 4.69) is 3.54 Å². The third kappa shape index (κ3) is 1.09. The molecule has 0 spiro atoms. The predicted molar refractivity (Wildman–Crippen MR) is 23.3 cm³/mol. The third-order valence-corrected chi connectivity index (χ3v) is 2.16. The van der Waals surface area contributed by atoms with Crippen molar-refractivity contribution in [3.05, 3.63) is 0 Å². The van der Waals surface area contributed by atoms with Crippen molar-refractivity contribution in [1.29, 1.82) is 0 Å². The van der Waals surface area contributed by atoms with E-state index in [1.807, 2.05) is 0 Å². The van der Waals surface area contributed by atoms with Gasteiger partial charge >= 0.3 is 45.2 Å². The Bertz CT molecular complexity index is 33.9. The molecule has 1 saturated carbocycles. The van der Waals surface area contributed by atoms with Crippen LogP contribution in [0.1, 0.15) is 12.8 Å². The first-order valence-corrected chi connectivity index (χ1v) is 3.54. The molecule has 0 aromatic carbocycles. The van der Waals surface area contributed by atoms with Gasteiger partial charge in [0.15, 0.2) is 0 Å². The van der Waals surface area contributed by atoms with Gasteiger partial charge in [-0.25, -0.2) is 0 Å². The number of hydrogen-bond donors (Lipinski definition) is 1. The Kier molecular flexibility index (Phi) is 1.16. The van der Waals surface area contributed by atoms with Crippen LogP contribution in [0.2, 0.25) is 0 Å². The molecule has 0 amide bonds. The number of hydrogen-bond acceptors (Lipinski definition) is 1. The van der Waals surface area contributed by atoms with Crippen molar-refractivity contribution >= 4 is 22.8 Å². The summed E-state index contributed by atoms with van der Waals surface area (Å²) in [7, 11) is 0. The molecule has 1 nitrogen and oxygen atoms in total. The summed E-state index contributed by atoms with van der Waals surface area (Å²) in [5.41, 5.74) is 0. The van der Waals surface area contributed by atoms with Crippen LogP contribution in [0.4, 0.5) is 0 Å². The first-order chi connectivity index (χ1) is 2.43. The van der Waals surface area contributed by atoms with Gasteiger partial charge in [-0.1, -0.05) is 0 Å². The van der Waals surface area contributed by atoms with E-state index in [1.165, 1.54) is 35.6 Å². The fourth-order valence-corrected chi connectivity index (χ4v) is 1.20. The molecule has 0 saturated heterocycles. The second kappa shape index (κ2) is 1.47. The number of rotatable bonds is 1. The molecular weight excluding hydrogens is 169 g/mol. The Balaban J connectivity index is 2.00. The normalized spacial score (nSPS) is 23.4. The van der Waals surface area contributed by atoms with E-state index in [1.54, 1.807) is 0 Å². The van der Waals surface area contributed by atoms with E-state index in [-0.39, 0.29) is 0 Å². The second-order valence-electron chi connectivity index (χ2n) is 1.44. The molecule has 0 aliphatic heterocycles. The Labute approximate surface area is 45.6 Å². The van der Waals surface area contributed by atoms with Gasteiger partial charge in [0.1, 0.15) is 0 Å². The van der Waals surface area contributed by atoms with Crippen LogP contribution in [-0.4, -0.2) is 28.8 Å². The number of nitrogens with one attached hydrogen (secondary N) is 1. The molecule has 0 atom stereocenters. The molecule has 0 unspecified atom stereocenters. The van der Waals surface area contributed by atoms with Crippen molar-refractivity contribution in [1.82, 2.24) is 3.54 Å². The zero-order valence-electron chi connectivity index (χ0n) is 3.07. The minimum atomic E-state index is 0.942. The summed E-state index contributed by atoms with van der Waals surface area (Å²) >= 11 is 1.24. The molecule has 28 valence electrons. The van der Waals surface area contributed by atoms with E-state index in [0.717, 1.165) is 6.04 Å². The van der Waals surface area contributed by atoms with Gasteiger partial charge in [0, 0.05) is 0 Å². The van der Waals surface area contributed by atoms with Gasteiger partial charge in [-0.05, 0) is 0 Å². The molecule has 1 aliphatic carbocycles. The van der Waals surface area contributed by atoms with Gasteiger partial charge < -0.3 is 0 Å². The Morgan fingerprint density at radius 1 is 1.60 bits per heavy atom. The maximum atomic E-state index is 3.27. The van der Waals surface area contributed by atoms with Crippen LogP contribution in [0, 0.1) is 0 Å². The van der Waals surface area contributed by atoms with Crippen LogP contribution in [0.15, 0.2) is 0 Å². The molecule has 0 aromatic rings. The van der Waals surface area contributed by atoms with Crippen LogP contribution in [0.3, 0.4) is 0 Å². The van der Waals surface area contributed by atoms with E-state index < -0.39 is 0 Å².